The molecule has 0 unspecified atom stereocenters. The molecule has 0 saturated carbocycles. The molecule has 0 saturated heterocycles. The van der Waals surface area contributed by atoms with Crippen LogP contribution in [0.5, 0.6) is 0 Å². The molecule has 1 aromatic carbocycles. The van der Waals surface area contributed by atoms with Gasteiger partial charge in [-0.15, -0.1) is 0 Å². The first-order valence-electron chi connectivity index (χ1n) is 7.34. The lowest BCUT2D eigenvalue weighted by atomic mass is 10.1. The molecule has 0 aliphatic carbocycles. The molecule has 0 aliphatic heterocycles. The summed E-state index contributed by atoms with van der Waals surface area (Å²) in [5, 5.41) is 0. The van der Waals surface area contributed by atoms with E-state index in [9.17, 15) is 9.59 Å². The van der Waals surface area contributed by atoms with Gasteiger partial charge in [0, 0.05) is 12.8 Å². The maximum Gasteiger partial charge on any atom is 0.306 e. The van der Waals surface area contributed by atoms with Crippen LogP contribution in [0.3, 0.4) is 0 Å². The van der Waals surface area contributed by atoms with Crippen molar-refractivity contribution in [2.24, 2.45) is 5.92 Å². The van der Waals surface area contributed by atoms with Crippen molar-refractivity contribution in [1.29, 1.82) is 0 Å². The molecule has 0 aromatic heterocycles. The van der Waals surface area contributed by atoms with Crippen LogP contribution in [0.2, 0.25) is 0 Å². The van der Waals surface area contributed by atoms with E-state index in [4.69, 9.17) is 9.47 Å². The number of carbonyl (C=O) groups is 2. The highest BCUT2D eigenvalue weighted by Crippen LogP contribution is 2.09. The van der Waals surface area contributed by atoms with Crippen LogP contribution in [-0.2, 0) is 25.7 Å². The molecular weight excluding hydrogens is 268 g/mol. The van der Waals surface area contributed by atoms with Crippen LogP contribution in [0.4, 0.5) is 0 Å². The normalized spacial score (nSPS) is 10.5. The smallest absolute Gasteiger partial charge is 0.306 e. The first-order chi connectivity index (χ1) is 9.99. The quantitative estimate of drug-likeness (QED) is 0.689. The second-order valence-electron chi connectivity index (χ2n) is 5.52. The molecule has 0 aliphatic rings. The zero-order valence-electron chi connectivity index (χ0n) is 13.1. The average molecular weight is 292 g/mol. The summed E-state index contributed by atoms with van der Waals surface area (Å²) in [6.07, 6.45) is 0.957. The van der Waals surface area contributed by atoms with E-state index < -0.39 is 0 Å². The molecule has 0 amide bonds. The van der Waals surface area contributed by atoms with E-state index in [1.807, 2.05) is 45.0 Å². The third-order valence-corrected chi connectivity index (χ3v) is 2.99. The van der Waals surface area contributed by atoms with Gasteiger partial charge in [-0.2, -0.15) is 0 Å². The summed E-state index contributed by atoms with van der Waals surface area (Å²) in [6, 6.07) is 7.78. The number of aryl methyl sites for hydroxylation is 1. The van der Waals surface area contributed by atoms with Crippen LogP contribution in [0.25, 0.3) is 0 Å². The summed E-state index contributed by atoms with van der Waals surface area (Å²) in [6.45, 7) is 6.65. The van der Waals surface area contributed by atoms with Crippen molar-refractivity contribution in [2.45, 2.75) is 46.6 Å². The third kappa shape index (κ3) is 7.49. The number of carbonyl (C=O) groups excluding carboxylic acids is 2. The van der Waals surface area contributed by atoms with Crippen molar-refractivity contribution in [3.05, 3.63) is 35.4 Å². The Balaban J connectivity index is 2.17. The second kappa shape index (κ2) is 9.16. The van der Waals surface area contributed by atoms with Gasteiger partial charge in [0.25, 0.3) is 0 Å². The maximum absolute atomic E-state index is 11.6. The van der Waals surface area contributed by atoms with E-state index in [0.717, 1.165) is 11.1 Å². The van der Waals surface area contributed by atoms with Gasteiger partial charge in [-0.05, 0) is 30.4 Å². The SMILES string of the molecule is Cc1ccccc1COC(=O)CCCC(=O)OCC(C)C. The predicted molar refractivity (Wildman–Crippen MR) is 80.6 cm³/mol. The number of benzene rings is 1. The van der Waals surface area contributed by atoms with Crippen LogP contribution >= 0.6 is 0 Å². The van der Waals surface area contributed by atoms with Gasteiger partial charge in [0.15, 0.2) is 0 Å². The van der Waals surface area contributed by atoms with Crippen molar-refractivity contribution in [1.82, 2.24) is 0 Å². The lowest BCUT2D eigenvalue weighted by Gasteiger charge is -2.08. The molecule has 1 rings (SSSR count). The summed E-state index contributed by atoms with van der Waals surface area (Å²) >= 11 is 0. The average Bonchev–Trinajstić information content (AvgIpc) is 2.44. The summed E-state index contributed by atoms with van der Waals surface area (Å²) in [5.74, 6) is -0.210. The van der Waals surface area contributed by atoms with Gasteiger partial charge < -0.3 is 9.47 Å². The van der Waals surface area contributed by atoms with Gasteiger partial charge in [0.1, 0.15) is 6.61 Å². The Morgan fingerprint density at radius 1 is 1.05 bits per heavy atom. The Bertz CT molecular complexity index is 466. The number of hydrogen-bond acceptors (Lipinski definition) is 4. The highest BCUT2D eigenvalue weighted by Gasteiger charge is 2.08. The molecule has 4 heteroatoms. The molecule has 0 N–H and O–H groups in total. The van der Waals surface area contributed by atoms with Crippen LogP contribution in [0.1, 0.15) is 44.2 Å². The number of ether oxygens (including phenoxy) is 2. The van der Waals surface area contributed by atoms with E-state index in [-0.39, 0.29) is 31.4 Å². The van der Waals surface area contributed by atoms with E-state index in [1.54, 1.807) is 0 Å². The molecule has 0 radical (unpaired) electrons. The minimum Gasteiger partial charge on any atom is -0.465 e. The molecule has 1 aromatic rings. The Hall–Kier alpha value is -1.84. The van der Waals surface area contributed by atoms with Gasteiger partial charge >= 0.3 is 11.9 Å². The third-order valence-electron chi connectivity index (χ3n) is 2.99. The van der Waals surface area contributed by atoms with Gasteiger partial charge in [0.2, 0.25) is 0 Å². The summed E-state index contributed by atoms with van der Waals surface area (Å²) in [7, 11) is 0. The molecular formula is C17H24O4. The standard InChI is InChI=1S/C17H24O4/c1-13(2)11-20-16(18)9-6-10-17(19)21-12-15-8-5-4-7-14(15)3/h4-5,7-8,13H,6,9-12H2,1-3H3. The Morgan fingerprint density at radius 2 is 1.67 bits per heavy atom. The monoisotopic (exact) mass is 292 g/mol. The Morgan fingerprint density at radius 3 is 2.29 bits per heavy atom. The van der Waals surface area contributed by atoms with E-state index in [2.05, 4.69) is 0 Å². The molecule has 0 heterocycles. The zero-order chi connectivity index (χ0) is 15.7. The minimum absolute atomic E-state index is 0.239. The largest absolute Gasteiger partial charge is 0.465 e. The van der Waals surface area contributed by atoms with Crippen LogP contribution < -0.4 is 0 Å². The lowest BCUT2D eigenvalue weighted by molar-refractivity contribution is -0.146. The summed E-state index contributed by atoms with van der Waals surface area (Å²) < 4.78 is 10.2. The summed E-state index contributed by atoms with van der Waals surface area (Å²) in [5.41, 5.74) is 2.10. The van der Waals surface area contributed by atoms with Crippen LogP contribution in [-0.4, -0.2) is 18.5 Å². The molecule has 21 heavy (non-hydrogen) atoms. The van der Waals surface area contributed by atoms with E-state index in [0.29, 0.717) is 18.9 Å². The molecule has 0 bridgehead atoms. The molecule has 0 spiro atoms. The minimum atomic E-state index is -0.282. The van der Waals surface area contributed by atoms with Crippen LogP contribution in [0.15, 0.2) is 24.3 Å². The van der Waals surface area contributed by atoms with E-state index >= 15 is 0 Å². The van der Waals surface area contributed by atoms with Gasteiger partial charge in [-0.1, -0.05) is 38.1 Å². The van der Waals surface area contributed by atoms with Crippen molar-refractivity contribution in [2.75, 3.05) is 6.61 Å². The summed E-state index contributed by atoms with van der Waals surface area (Å²) in [4.78, 5) is 23.0. The van der Waals surface area contributed by atoms with Crippen molar-refractivity contribution < 1.29 is 19.1 Å². The number of rotatable bonds is 8. The lowest BCUT2D eigenvalue weighted by Crippen LogP contribution is -2.11. The van der Waals surface area contributed by atoms with Crippen LogP contribution in [0, 0.1) is 12.8 Å². The second-order valence-corrected chi connectivity index (χ2v) is 5.52. The molecule has 4 nitrogen and oxygen atoms in total. The predicted octanol–water partition coefficient (Wildman–Crippen LogP) is 3.41. The molecule has 0 fully saturated rings. The fraction of sp³-hybridized carbons (Fsp3) is 0.529. The maximum atomic E-state index is 11.6. The van der Waals surface area contributed by atoms with Crippen molar-refractivity contribution in [3.8, 4) is 0 Å². The number of esters is 2. The van der Waals surface area contributed by atoms with Crippen molar-refractivity contribution in [3.63, 3.8) is 0 Å². The zero-order valence-corrected chi connectivity index (χ0v) is 13.1. The van der Waals surface area contributed by atoms with E-state index in [1.165, 1.54) is 0 Å². The fourth-order valence-corrected chi connectivity index (χ4v) is 1.71. The Labute approximate surface area is 126 Å². The topological polar surface area (TPSA) is 52.6 Å². The first-order valence-corrected chi connectivity index (χ1v) is 7.34. The highest BCUT2D eigenvalue weighted by atomic mass is 16.5. The van der Waals surface area contributed by atoms with Gasteiger partial charge in [-0.25, -0.2) is 0 Å². The first kappa shape index (κ1) is 17.2. The number of hydrogen-bond donors (Lipinski definition) is 0. The fourth-order valence-electron chi connectivity index (χ4n) is 1.71. The van der Waals surface area contributed by atoms with Crippen molar-refractivity contribution >= 4 is 11.9 Å². The molecule has 116 valence electrons. The highest BCUT2D eigenvalue weighted by molar-refractivity contribution is 5.72. The Kier molecular flexibility index (Phi) is 7.51. The van der Waals surface area contributed by atoms with Gasteiger partial charge in [0.05, 0.1) is 6.61 Å². The van der Waals surface area contributed by atoms with Gasteiger partial charge in [-0.3, -0.25) is 9.59 Å². The molecule has 0 atom stereocenters.